The molecule has 3 N–H and O–H groups in total. The first kappa shape index (κ1) is 21.4. The van der Waals surface area contributed by atoms with Crippen LogP contribution in [0.3, 0.4) is 0 Å². The molecule has 5 rings (SSSR count). The number of aromatic nitrogens is 2. The molecule has 0 radical (unpaired) electrons. The van der Waals surface area contributed by atoms with Gasteiger partial charge in [0.2, 0.25) is 0 Å². The van der Waals surface area contributed by atoms with Crippen LogP contribution in [0.4, 0.5) is 10.8 Å². The second-order valence-electron chi connectivity index (χ2n) is 7.21. The van der Waals surface area contributed by atoms with Crippen LogP contribution in [0, 0.1) is 6.92 Å². The highest BCUT2D eigenvalue weighted by Crippen LogP contribution is 2.43. The van der Waals surface area contributed by atoms with Gasteiger partial charge in [0.1, 0.15) is 26.5 Å². The van der Waals surface area contributed by atoms with Crippen LogP contribution in [0.1, 0.15) is 21.1 Å². The lowest BCUT2D eigenvalue weighted by molar-refractivity contribution is 0.102. The molecule has 0 aliphatic carbocycles. The summed E-state index contributed by atoms with van der Waals surface area (Å²) in [4.78, 5) is 23.2. The Hall–Kier alpha value is -3.47. The van der Waals surface area contributed by atoms with Crippen molar-refractivity contribution < 1.29 is 19.1 Å². The average Bonchev–Trinajstić information content (AvgIpc) is 3.48. The molecule has 8 nitrogen and oxygen atoms in total. The third-order valence-electron chi connectivity index (χ3n) is 4.78. The number of rotatable bonds is 8. The van der Waals surface area contributed by atoms with Gasteiger partial charge >= 0.3 is 0 Å². The summed E-state index contributed by atoms with van der Waals surface area (Å²) in [5, 5.41) is 15.8. The third kappa shape index (κ3) is 4.54. The number of aliphatic hydroxyl groups excluding tert-OH is 1. The van der Waals surface area contributed by atoms with E-state index in [0.717, 1.165) is 10.3 Å². The Bertz CT molecular complexity index is 1420. The summed E-state index contributed by atoms with van der Waals surface area (Å²) in [6.45, 7) is 2.52. The molecule has 0 spiro atoms. The van der Waals surface area contributed by atoms with Crippen molar-refractivity contribution >= 4 is 60.0 Å². The number of carbonyl (C=O) groups excluding carboxylic acids is 1. The molecule has 2 aromatic carbocycles. The van der Waals surface area contributed by atoms with E-state index in [1.807, 2.05) is 30.3 Å². The van der Waals surface area contributed by atoms with Gasteiger partial charge in [-0.2, -0.15) is 0 Å². The largest absolute Gasteiger partial charge is 0.486 e. The van der Waals surface area contributed by atoms with Gasteiger partial charge in [-0.25, -0.2) is 9.97 Å². The maximum absolute atomic E-state index is 13.2. The highest BCUT2D eigenvalue weighted by Gasteiger charge is 2.24. The highest BCUT2D eigenvalue weighted by atomic mass is 32.1. The molecule has 3 aromatic heterocycles. The van der Waals surface area contributed by atoms with Gasteiger partial charge < -0.3 is 24.9 Å². The van der Waals surface area contributed by atoms with Crippen molar-refractivity contribution in [3.63, 3.8) is 0 Å². The number of anilines is 2. The lowest BCUT2D eigenvalue weighted by atomic mass is 10.2. The number of amides is 1. The summed E-state index contributed by atoms with van der Waals surface area (Å²) in [6, 6.07) is 15.1. The van der Waals surface area contributed by atoms with Gasteiger partial charge in [-0.1, -0.05) is 41.7 Å². The Morgan fingerprint density at radius 1 is 1.15 bits per heavy atom. The van der Waals surface area contributed by atoms with Crippen LogP contribution in [0.25, 0.3) is 20.6 Å². The number of thiophene rings is 1. The van der Waals surface area contributed by atoms with Crippen molar-refractivity contribution in [2.24, 2.45) is 0 Å². The Morgan fingerprint density at radius 3 is 2.82 bits per heavy atom. The summed E-state index contributed by atoms with van der Waals surface area (Å²) < 4.78 is 12.4. The minimum atomic E-state index is -0.280. The van der Waals surface area contributed by atoms with E-state index in [1.165, 1.54) is 22.7 Å². The van der Waals surface area contributed by atoms with Crippen LogP contribution in [0.2, 0.25) is 0 Å². The van der Waals surface area contributed by atoms with Crippen molar-refractivity contribution in [3.8, 4) is 5.75 Å². The fraction of sp³-hybridized carbons (Fsp3) is 0.174. The second kappa shape index (κ2) is 9.18. The zero-order valence-electron chi connectivity index (χ0n) is 17.6. The van der Waals surface area contributed by atoms with E-state index < -0.39 is 0 Å². The van der Waals surface area contributed by atoms with Crippen molar-refractivity contribution in [1.82, 2.24) is 9.97 Å². The predicted octanol–water partition coefficient (Wildman–Crippen LogP) is 5.04. The summed E-state index contributed by atoms with van der Waals surface area (Å²) in [6.07, 6.45) is 0. The summed E-state index contributed by atoms with van der Waals surface area (Å²) in [7, 11) is 0. The number of thiazole rings is 1. The van der Waals surface area contributed by atoms with Gasteiger partial charge in [-0.3, -0.25) is 4.79 Å². The van der Waals surface area contributed by atoms with Gasteiger partial charge in [0.15, 0.2) is 22.4 Å². The number of fused-ring (bicyclic) bond motifs is 2. The SMILES string of the molecule is Cc1nc2cc(NC(=O)c3sc4nc(NCCO)sc4c3OCc3ccccc3)ccc2o1. The van der Waals surface area contributed by atoms with Crippen LogP contribution in [0.15, 0.2) is 52.9 Å². The fourth-order valence-corrected chi connectivity index (χ4v) is 5.50. The molecule has 5 aromatic rings. The molecule has 0 saturated carbocycles. The number of ether oxygens (including phenoxy) is 1. The molecule has 0 aliphatic rings. The van der Waals surface area contributed by atoms with Crippen LogP contribution in [-0.4, -0.2) is 34.1 Å². The van der Waals surface area contributed by atoms with Gasteiger partial charge in [-0.15, -0.1) is 11.3 Å². The van der Waals surface area contributed by atoms with Gasteiger partial charge in [-0.05, 0) is 23.8 Å². The van der Waals surface area contributed by atoms with Gasteiger partial charge in [0, 0.05) is 19.2 Å². The molecule has 0 bridgehead atoms. The number of benzene rings is 2. The van der Waals surface area contributed by atoms with E-state index in [9.17, 15) is 4.79 Å². The zero-order valence-corrected chi connectivity index (χ0v) is 19.3. The number of nitrogens with one attached hydrogen (secondary N) is 2. The first-order valence-electron chi connectivity index (χ1n) is 10.2. The lowest BCUT2D eigenvalue weighted by Crippen LogP contribution is -2.11. The summed E-state index contributed by atoms with van der Waals surface area (Å²) in [5.41, 5.74) is 2.96. The van der Waals surface area contributed by atoms with Crippen molar-refractivity contribution in [3.05, 3.63) is 64.9 Å². The smallest absolute Gasteiger partial charge is 0.269 e. The van der Waals surface area contributed by atoms with Crippen molar-refractivity contribution in [1.29, 1.82) is 0 Å². The predicted molar refractivity (Wildman–Crippen MR) is 131 cm³/mol. The van der Waals surface area contributed by atoms with Crippen LogP contribution in [0.5, 0.6) is 5.75 Å². The molecule has 1 amide bonds. The number of oxazole rings is 1. The van der Waals surface area contributed by atoms with Crippen LogP contribution < -0.4 is 15.4 Å². The Morgan fingerprint density at radius 2 is 2.00 bits per heavy atom. The molecule has 10 heteroatoms. The number of carbonyl (C=O) groups is 1. The van der Waals surface area contributed by atoms with E-state index in [-0.39, 0.29) is 12.5 Å². The second-order valence-corrected chi connectivity index (χ2v) is 9.21. The first-order valence-corrected chi connectivity index (χ1v) is 11.9. The van der Waals surface area contributed by atoms with Gasteiger partial charge in [0.05, 0.1) is 6.61 Å². The molecule has 0 unspecified atom stereocenters. The average molecular weight is 481 g/mol. The molecule has 3 heterocycles. The maximum atomic E-state index is 13.2. The van der Waals surface area contributed by atoms with E-state index in [1.54, 1.807) is 25.1 Å². The van der Waals surface area contributed by atoms with E-state index in [0.29, 0.717) is 56.4 Å². The third-order valence-corrected chi connectivity index (χ3v) is 6.98. The number of hydrogen-bond donors (Lipinski definition) is 3. The molecular formula is C23H20N4O4S2. The summed E-state index contributed by atoms with van der Waals surface area (Å²) >= 11 is 2.67. The fourth-order valence-electron chi connectivity index (χ4n) is 3.32. The monoisotopic (exact) mass is 480 g/mol. The molecule has 0 fully saturated rings. The van der Waals surface area contributed by atoms with E-state index >= 15 is 0 Å². The van der Waals surface area contributed by atoms with Crippen LogP contribution >= 0.6 is 22.7 Å². The summed E-state index contributed by atoms with van der Waals surface area (Å²) in [5.74, 6) is 0.794. The highest BCUT2D eigenvalue weighted by molar-refractivity contribution is 7.30. The molecule has 0 aliphatic heterocycles. The minimum Gasteiger partial charge on any atom is -0.486 e. The number of aliphatic hydroxyl groups is 1. The Kier molecular flexibility index (Phi) is 5.95. The Balaban J connectivity index is 1.45. The molecule has 0 saturated heterocycles. The molecule has 168 valence electrons. The number of aryl methyl sites for hydroxylation is 1. The molecular weight excluding hydrogens is 460 g/mol. The molecule has 33 heavy (non-hydrogen) atoms. The van der Waals surface area contributed by atoms with E-state index in [2.05, 4.69) is 20.6 Å². The quantitative estimate of drug-likeness (QED) is 0.285. The minimum absolute atomic E-state index is 0.00758. The van der Waals surface area contributed by atoms with E-state index in [4.69, 9.17) is 14.3 Å². The van der Waals surface area contributed by atoms with Crippen molar-refractivity contribution in [2.45, 2.75) is 13.5 Å². The van der Waals surface area contributed by atoms with Gasteiger partial charge in [0.25, 0.3) is 5.91 Å². The first-order chi connectivity index (χ1) is 16.1. The van der Waals surface area contributed by atoms with Crippen molar-refractivity contribution in [2.75, 3.05) is 23.8 Å². The lowest BCUT2D eigenvalue weighted by Gasteiger charge is -2.09. The maximum Gasteiger partial charge on any atom is 0.269 e. The number of nitrogens with zero attached hydrogens (tertiary/aromatic N) is 2. The van der Waals surface area contributed by atoms with Crippen LogP contribution in [-0.2, 0) is 6.61 Å². The number of hydrogen-bond acceptors (Lipinski definition) is 9. The Labute approximate surface area is 196 Å². The zero-order chi connectivity index (χ0) is 22.8. The molecule has 0 atom stereocenters. The normalized spacial score (nSPS) is 11.2. The standard InChI is InChI=1S/C23H20N4O4S2/c1-13-25-16-11-15(7-8-17(16)31-13)26-21(29)19-18(30-12-14-5-3-2-4-6-14)20-22(32-19)27-23(33-20)24-9-10-28/h2-8,11,28H,9-10,12H2,1H3,(H,24,27)(H,26,29). The topological polar surface area (TPSA) is 110 Å².